The molecule has 0 saturated carbocycles. The van der Waals surface area contributed by atoms with Crippen molar-refractivity contribution in [2.24, 2.45) is 4.40 Å². The van der Waals surface area contributed by atoms with Gasteiger partial charge in [0.25, 0.3) is 0 Å². The number of rotatable bonds is 13. The van der Waals surface area contributed by atoms with Crippen LogP contribution in [0.3, 0.4) is 0 Å². The molecule has 0 radical (unpaired) electrons. The number of benzene rings is 4. The van der Waals surface area contributed by atoms with Gasteiger partial charge in [0, 0.05) is 6.21 Å². The van der Waals surface area contributed by atoms with Gasteiger partial charge < -0.3 is 0 Å². The summed E-state index contributed by atoms with van der Waals surface area (Å²) in [6.07, 6.45) is 5.08. The Morgan fingerprint density at radius 3 is 1.65 bits per heavy atom. The average Bonchev–Trinajstić information content (AvgIpc) is 3.06. The lowest BCUT2D eigenvalue weighted by atomic mass is 9.80. The van der Waals surface area contributed by atoms with Crippen LogP contribution in [0, 0.1) is 25.2 Å². The van der Waals surface area contributed by atoms with Crippen LogP contribution in [0.25, 0.3) is 0 Å². The van der Waals surface area contributed by atoms with E-state index in [4.69, 9.17) is 0 Å². The van der Waals surface area contributed by atoms with Crippen molar-refractivity contribution in [1.82, 2.24) is 4.72 Å². The first-order valence-electron chi connectivity index (χ1n) is 15.7. The third kappa shape index (κ3) is 11.9. The molecule has 0 aromatic heterocycles. The highest BCUT2D eigenvalue weighted by molar-refractivity contribution is 7.84. The molecule has 0 aliphatic carbocycles. The zero-order valence-corrected chi connectivity index (χ0v) is 29.5. The molecule has 0 aliphatic heterocycles. The molecular weight excluding hydrogens is 607 g/mol. The molecule has 0 unspecified atom stereocenters. The van der Waals surface area contributed by atoms with Gasteiger partial charge in [-0.2, -0.15) is 9.66 Å². The van der Waals surface area contributed by atoms with Gasteiger partial charge in [0.15, 0.2) is 11.0 Å². The molecule has 4 aromatic carbocycles. The van der Waals surface area contributed by atoms with Crippen molar-refractivity contribution in [1.29, 1.82) is 5.26 Å². The van der Waals surface area contributed by atoms with Gasteiger partial charge in [-0.1, -0.05) is 124 Å². The van der Waals surface area contributed by atoms with Gasteiger partial charge in [-0.25, -0.2) is 13.1 Å². The van der Waals surface area contributed by atoms with Crippen LogP contribution < -0.4 is 4.72 Å². The zero-order valence-electron chi connectivity index (χ0n) is 27.9. The lowest BCUT2D eigenvalue weighted by molar-refractivity contribution is 0.443. The van der Waals surface area contributed by atoms with Gasteiger partial charge in [0.05, 0.1) is 15.9 Å². The fraction of sp³-hybridized carbons (Fsp3) is 0.333. The standard InChI is InChI=1S/C20H24N2OS.C19H23NOS/c1-16-9-11-19(12-10-16)24(23)22-18(15-21)13-14-20(2,3)17-7-5-4-6-8-17;1-16-10-12-18(13-11-16)22(21)20-15-7-14-19(2,3)17-8-5-4-6-9-17/h4-12,18,22H,13-14H2,1-3H3;4-6,8-13,15H,7,14H2,1-3H3/t18-,24-;22-/m00/s1. The molecule has 242 valence electrons. The number of nitrogens with zero attached hydrogens (tertiary/aromatic N) is 2. The van der Waals surface area contributed by atoms with E-state index >= 15 is 0 Å². The Kier molecular flexibility index (Phi) is 14.3. The SMILES string of the molecule is Cc1ccc([S@](=O)N=CCCC(C)(C)c2ccccc2)cc1.Cc1ccc([S@](=O)N[C@H](C#N)CCC(C)(C)c2ccccc2)cc1. The minimum atomic E-state index is -1.37. The van der Waals surface area contributed by atoms with Crippen molar-refractivity contribution in [2.45, 2.75) is 93.9 Å². The molecule has 0 aliphatic rings. The summed E-state index contributed by atoms with van der Waals surface area (Å²) < 4.78 is 31.5. The molecular formula is C39H47N3O2S2. The van der Waals surface area contributed by atoms with Gasteiger partial charge in [-0.3, -0.25) is 0 Å². The monoisotopic (exact) mass is 653 g/mol. The van der Waals surface area contributed by atoms with E-state index in [2.05, 4.69) is 79.3 Å². The smallest absolute Gasteiger partial charge is 0.172 e. The normalized spacial score (nSPS) is 13.7. The van der Waals surface area contributed by atoms with Gasteiger partial charge in [0.1, 0.15) is 17.0 Å². The van der Waals surface area contributed by atoms with Crippen molar-refractivity contribution < 1.29 is 8.42 Å². The lowest BCUT2D eigenvalue weighted by Gasteiger charge is -2.26. The summed E-state index contributed by atoms with van der Waals surface area (Å²) in [4.78, 5) is 1.45. The van der Waals surface area contributed by atoms with Crippen molar-refractivity contribution in [3.05, 3.63) is 131 Å². The number of hydrogen-bond donors (Lipinski definition) is 1. The van der Waals surface area contributed by atoms with E-state index < -0.39 is 28.0 Å². The Hall–Kier alpha value is -3.70. The second-order valence-corrected chi connectivity index (χ2v) is 15.2. The highest BCUT2D eigenvalue weighted by atomic mass is 32.2. The number of nitriles is 1. The predicted molar refractivity (Wildman–Crippen MR) is 194 cm³/mol. The molecule has 0 bridgehead atoms. The Labute approximate surface area is 281 Å². The summed E-state index contributed by atoms with van der Waals surface area (Å²) in [5.74, 6) is 0. The van der Waals surface area contributed by atoms with E-state index in [0.29, 0.717) is 11.3 Å². The predicted octanol–water partition coefficient (Wildman–Crippen LogP) is 9.10. The molecule has 0 fully saturated rings. The molecule has 0 saturated heterocycles. The van der Waals surface area contributed by atoms with Crippen LogP contribution in [0.2, 0.25) is 0 Å². The zero-order chi connectivity index (χ0) is 33.6. The second kappa shape index (κ2) is 17.9. The number of aryl methyl sites for hydroxylation is 2. The maximum atomic E-state index is 12.4. The van der Waals surface area contributed by atoms with Crippen LogP contribution in [0.5, 0.6) is 0 Å². The topological polar surface area (TPSA) is 82.3 Å². The molecule has 7 heteroatoms. The summed E-state index contributed by atoms with van der Waals surface area (Å²) in [6.45, 7) is 12.8. The van der Waals surface area contributed by atoms with Crippen LogP contribution in [-0.4, -0.2) is 20.7 Å². The Balaban J connectivity index is 0.000000251. The average molecular weight is 654 g/mol. The quantitative estimate of drug-likeness (QED) is 0.146. The fourth-order valence-electron chi connectivity index (χ4n) is 4.84. The maximum Gasteiger partial charge on any atom is 0.172 e. The lowest BCUT2D eigenvalue weighted by Crippen LogP contribution is -2.31. The molecule has 0 amide bonds. The van der Waals surface area contributed by atoms with Gasteiger partial charge >= 0.3 is 0 Å². The highest BCUT2D eigenvalue weighted by Crippen LogP contribution is 2.29. The minimum absolute atomic E-state index is 0.0244. The van der Waals surface area contributed by atoms with Crippen molar-refractivity contribution in [3.63, 3.8) is 0 Å². The molecule has 0 spiro atoms. The van der Waals surface area contributed by atoms with Crippen molar-refractivity contribution in [2.75, 3.05) is 0 Å². The second-order valence-electron chi connectivity index (χ2n) is 12.8. The highest BCUT2D eigenvalue weighted by Gasteiger charge is 2.23. The van der Waals surface area contributed by atoms with Crippen LogP contribution in [0.15, 0.2) is 123 Å². The van der Waals surface area contributed by atoms with E-state index in [1.807, 2.05) is 86.6 Å². The van der Waals surface area contributed by atoms with Gasteiger partial charge in [0.2, 0.25) is 0 Å². The number of hydrogen-bond acceptors (Lipinski definition) is 3. The Morgan fingerprint density at radius 2 is 1.17 bits per heavy atom. The summed E-state index contributed by atoms with van der Waals surface area (Å²) in [5, 5.41) is 9.39. The number of nitrogens with one attached hydrogen (secondary N) is 1. The van der Waals surface area contributed by atoms with E-state index in [1.54, 1.807) is 6.21 Å². The molecule has 46 heavy (non-hydrogen) atoms. The molecule has 3 atom stereocenters. The van der Waals surface area contributed by atoms with E-state index in [9.17, 15) is 13.7 Å². The van der Waals surface area contributed by atoms with Crippen molar-refractivity contribution >= 4 is 28.2 Å². The van der Waals surface area contributed by atoms with E-state index in [-0.39, 0.29) is 10.8 Å². The first-order chi connectivity index (χ1) is 21.9. The van der Waals surface area contributed by atoms with E-state index in [1.165, 1.54) is 11.1 Å². The molecule has 5 nitrogen and oxygen atoms in total. The molecule has 4 rings (SSSR count). The van der Waals surface area contributed by atoms with Crippen LogP contribution in [-0.2, 0) is 32.8 Å². The van der Waals surface area contributed by atoms with Crippen LogP contribution in [0.4, 0.5) is 0 Å². The summed E-state index contributed by atoms with van der Waals surface area (Å²) in [6, 6.07) is 37.7. The van der Waals surface area contributed by atoms with E-state index in [0.717, 1.165) is 35.3 Å². The van der Waals surface area contributed by atoms with Crippen LogP contribution >= 0.6 is 0 Å². The third-order valence-electron chi connectivity index (χ3n) is 8.10. The molecule has 4 aromatic rings. The fourth-order valence-corrected chi connectivity index (χ4v) is 6.52. The van der Waals surface area contributed by atoms with Gasteiger partial charge in [-0.15, -0.1) is 0 Å². The summed E-state index contributed by atoms with van der Waals surface area (Å²) in [7, 11) is -2.66. The Bertz CT molecular complexity index is 1610. The van der Waals surface area contributed by atoms with Crippen molar-refractivity contribution in [3.8, 4) is 6.07 Å². The minimum Gasteiger partial charge on any atom is -0.237 e. The third-order valence-corrected chi connectivity index (χ3v) is 10.3. The summed E-state index contributed by atoms with van der Waals surface area (Å²) in [5.41, 5.74) is 4.93. The first-order valence-corrected chi connectivity index (χ1v) is 17.9. The first kappa shape index (κ1) is 36.8. The molecule has 1 N–H and O–H groups in total. The van der Waals surface area contributed by atoms with Crippen LogP contribution in [0.1, 0.15) is 75.6 Å². The largest absolute Gasteiger partial charge is 0.237 e. The Morgan fingerprint density at radius 1 is 0.717 bits per heavy atom. The maximum absolute atomic E-state index is 12.4. The van der Waals surface area contributed by atoms with Gasteiger partial charge in [-0.05, 0) is 85.8 Å². The molecule has 0 heterocycles. The summed E-state index contributed by atoms with van der Waals surface area (Å²) >= 11 is 0.